The minimum atomic E-state index is 0.0317. The van der Waals surface area contributed by atoms with Crippen molar-refractivity contribution >= 4 is 17.2 Å². The van der Waals surface area contributed by atoms with E-state index in [0.717, 1.165) is 34.8 Å². The Hall–Kier alpha value is -1.85. The number of carbonyl (C=O) groups excluding carboxylic acids is 1. The van der Waals surface area contributed by atoms with Gasteiger partial charge in [-0.25, -0.2) is 0 Å². The van der Waals surface area contributed by atoms with Crippen molar-refractivity contribution in [2.45, 2.75) is 45.8 Å². The maximum absolute atomic E-state index is 12.6. The summed E-state index contributed by atoms with van der Waals surface area (Å²) >= 11 is 1.58. The van der Waals surface area contributed by atoms with Gasteiger partial charge in [0.25, 0.3) is 5.91 Å². The average molecular weight is 371 g/mol. The number of amides is 1. The van der Waals surface area contributed by atoms with E-state index in [0.29, 0.717) is 19.2 Å². The lowest BCUT2D eigenvalue weighted by atomic mass is 10.0. The van der Waals surface area contributed by atoms with Gasteiger partial charge in [0.15, 0.2) is 0 Å². The third kappa shape index (κ3) is 3.38. The summed E-state index contributed by atoms with van der Waals surface area (Å²) in [6.07, 6.45) is 3.87. The molecule has 138 valence electrons. The lowest BCUT2D eigenvalue weighted by Gasteiger charge is -2.33. The predicted molar refractivity (Wildman–Crippen MR) is 106 cm³/mol. The molecule has 3 heterocycles. The van der Waals surface area contributed by atoms with Gasteiger partial charge >= 0.3 is 0 Å². The van der Waals surface area contributed by atoms with Gasteiger partial charge in [-0.2, -0.15) is 0 Å². The molecule has 0 spiro atoms. The maximum atomic E-state index is 12.6. The van der Waals surface area contributed by atoms with Crippen LogP contribution in [0.1, 0.15) is 47.0 Å². The minimum absolute atomic E-state index is 0.0317. The largest absolute Gasteiger partial charge is 0.488 e. The fraction of sp³-hybridized carbons (Fsp3) is 0.476. The SMILES string of the molecule is Cc1cccc2c1-c1sc(C(=O)NCCN3CCCCC3C)cc1CO2. The summed E-state index contributed by atoms with van der Waals surface area (Å²) in [6.45, 7) is 7.71. The van der Waals surface area contributed by atoms with Crippen LogP contribution in [0.2, 0.25) is 0 Å². The molecule has 4 rings (SSSR count). The van der Waals surface area contributed by atoms with Crippen molar-refractivity contribution < 1.29 is 9.53 Å². The van der Waals surface area contributed by atoms with Crippen molar-refractivity contribution in [3.05, 3.63) is 40.3 Å². The lowest BCUT2D eigenvalue weighted by Crippen LogP contribution is -2.42. The molecule has 1 aromatic heterocycles. The van der Waals surface area contributed by atoms with E-state index >= 15 is 0 Å². The number of thiophene rings is 1. The zero-order chi connectivity index (χ0) is 18.1. The number of hydrogen-bond donors (Lipinski definition) is 1. The fourth-order valence-electron chi connectivity index (χ4n) is 3.96. The number of carbonyl (C=O) groups is 1. The number of aryl methyl sites for hydroxylation is 1. The Kier molecular flexibility index (Phi) is 5.00. The van der Waals surface area contributed by atoms with E-state index in [-0.39, 0.29) is 5.91 Å². The molecule has 1 atom stereocenters. The van der Waals surface area contributed by atoms with Crippen LogP contribution in [0.25, 0.3) is 10.4 Å². The molecule has 0 aliphatic carbocycles. The molecular formula is C21H26N2O2S. The molecule has 5 heteroatoms. The van der Waals surface area contributed by atoms with Crippen LogP contribution in [0.3, 0.4) is 0 Å². The first-order valence-corrected chi connectivity index (χ1v) is 10.3. The highest BCUT2D eigenvalue weighted by atomic mass is 32.1. The van der Waals surface area contributed by atoms with Crippen LogP contribution in [-0.2, 0) is 6.61 Å². The number of hydrogen-bond acceptors (Lipinski definition) is 4. The van der Waals surface area contributed by atoms with Gasteiger partial charge in [-0.3, -0.25) is 9.69 Å². The van der Waals surface area contributed by atoms with Crippen LogP contribution in [0.4, 0.5) is 0 Å². The highest BCUT2D eigenvalue weighted by molar-refractivity contribution is 7.17. The standard InChI is InChI=1S/C21H26N2O2S/c1-14-6-5-8-17-19(14)20-16(13-25-17)12-18(26-20)21(24)22-9-11-23-10-4-3-7-15(23)2/h5-6,8,12,15H,3-4,7,9-11,13H2,1-2H3,(H,22,24). The minimum Gasteiger partial charge on any atom is -0.488 e. The van der Waals surface area contributed by atoms with Crippen molar-refractivity contribution in [2.75, 3.05) is 19.6 Å². The van der Waals surface area contributed by atoms with E-state index in [1.165, 1.54) is 29.7 Å². The number of ether oxygens (including phenoxy) is 1. The second-order valence-corrected chi connectivity index (χ2v) is 8.39. The third-order valence-electron chi connectivity index (χ3n) is 5.50. The van der Waals surface area contributed by atoms with Crippen molar-refractivity contribution in [2.24, 2.45) is 0 Å². The molecular weight excluding hydrogens is 344 g/mol. The number of nitrogens with zero attached hydrogens (tertiary/aromatic N) is 1. The molecule has 2 aliphatic heterocycles. The van der Waals surface area contributed by atoms with Crippen LogP contribution >= 0.6 is 11.3 Å². The van der Waals surface area contributed by atoms with E-state index in [2.05, 4.69) is 30.1 Å². The Morgan fingerprint density at radius 3 is 3.12 bits per heavy atom. The fourth-order valence-corrected chi connectivity index (χ4v) is 5.16. The Labute approximate surface area is 159 Å². The van der Waals surface area contributed by atoms with Crippen molar-refractivity contribution in [1.82, 2.24) is 10.2 Å². The van der Waals surface area contributed by atoms with E-state index in [1.54, 1.807) is 11.3 Å². The molecule has 1 unspecified atom stereocenters. The zero-order valence-corrected chi connectivity index (χ0v) is 16.3. The van der Waals surface area contributed by atoms with Gasteiger partial charge in [0.2, 0.25) is 0 Å². The van der Waals surface area contributed by atoms with Gasteiger partial charge in [-0.1, -0.05) is 18.6 Å². The quantitative estimate of drug-likeness (QED) is 0.876. The molecule has 1 amide bonds. The van der Waals surface area contributed by atoms with E-state index in [9.17, 15) is 4.79 Å². The molecule has 2 aliphatic rings. The first kappa shape index (κ1) is 17.6. The second kappa shape index (κ2) is 7.41. The van der Waals surface area contributed by atoms with Crippen LogP contribution in [-0.4, -0.2) is 36.5 Å². The number of benzene rings is 1. The Balaban J connectivity index is 1.43. The van der Waals surface area contributed by atoms with Crippen LogP contribution in [0.15, 0.2) is 24.3 Å². The van der Waals surface area contributed by atoms with Crippen LogP contribution in [0, 0.1) is 6.92 Å². The Morgan fingerprint density at radius 1 is 1.38 bits per heavy atom. The van der Waals surface area contributed by atoms with Crippen molar-refractivity contribution in [1.29, 1.82) is 0 Å². The third-order valence-corrected chi connectivity index (χ3v) is 6.70. The lowest BCUT2D eigenvalue weighted by molar-refractivity contribution is 0.0942. The molecule has 0 saturated carbocycles. The molecule has 0 bridgehead atoms. The van der Waals surface area contributed by atoms with Crippen LogP contribution < -0.4 is 10.1 Å². The molecule has 1 N–H and O–H groups in total. The van der Waals surface area contributed by atoms with Gasteiger partial charge < -0.3 is 10.1 Å². The Bertz CT molecular complexity index is 814. The molecule has 2 aromatic rings. The predicted octanol–water partition coefficient (Wildman–Crippen LogP) is 4.22. The Morgan fingerprint density at radius 2 is 2.27 bits per heavy atom. The number of nitrogens with one attached hydrogen (secondary N) is 1. The smallest absolute Gasteiger partial charge is 0.261 e. The van der Waals surface area contributed by atoms with Gasteiger partial charge in [0.1, 0.15) is 12.4 Å². The molecule has 0 radical (unpaired) electrons. The first-order chi connectivity index (χ1) is 12.6. The summed E-state index contributed by atoms with van der Waals surface area (Å²) in [7, 11) is 0. The van der Waals surface area contributed by atoms with E-state index < -0.39 is 0 Å². The summed E-state index contributed by atoms with van der Waals surface area (Å²) in [5.41, 5.74) is 3.45. The number of likely N-dealkylation sites (tertiary alicyclic amines) is 1. The number of piperidine rings is 1. The average Bonchev–Trinajstić information content (AvgIpc) is 3.08. The summed E-state index contributed by atoms with van der Waals surface area (Å²) in [5, 5.41) is 3.10. The summed E-state index contributed by atoms with van der Waals surface area (Å²) in [5.74, 6) is 0.953. The highest BCUT2D eigenvalue weighted by Gasteiger charge is 2.24. The summed E-state index contributed by atoms with van der Waals surface area (Å²) in [6, 6.07) is 8.74. The highest BCUT2D eigenvalue weighted by Crippen LogP contribution is 2.44. The molecule has 1 aromatic carbocycles. The van der Waals surface area contributed by atoms with Gasteiger partial charge in [-0.05, 0) is 50.9 Å². The second-order valence-electron chi connectivity index (χ2n) is 7.34. The topological polar surface area (TPSA) is 41.6 Å². The summed E-state index contributed by atoms with van der Waals surface area (Å²) < 4.78 is 5.86. The van der Waals surface area contributed by atoms with Crippen LogP contribution in [0.5, 0.6) is 5.75 Å². The molecule has 1 saturated heterocycles. The van der Waals surface area contributed by atoms with Crippen molar-refractivity contribution in [3.8, 4) is 16.2 Å². The van der Waals surface area contributed by atoms with E-state index in [4.69, 9.17) is 4.74 Å². The monoisotopic (exact) mass is 370 g/mol. The molecule has 26 heavy (non-hydrogen) atoms. The van der Waals surface area contributed by atoms with Gasteiger partial charge in [0.05, 0.1) is 4.88 Å². The van der Waals surface area contributed by atoms with Gasteiger partial charge in [-0.15, -0.1) is 11.3 Å². The van der Waals surface area contributed by atoms with Gasteiger partial charge in [0, 0.05) is 35.1 Å². The number of fused-ring (bicyclic) bond motifs is 3. The molecule has 1 fully saturated rings. The van der Waals surface area contributed by atoms with Crippen molar-refractivity contribution in [3.63, 3.8) is 0 Å². The van der Waals surface area contributed by atoms with E-state index in [1.807, 2.05) is 18.2 Å². The molecule has 4 nitrogen and oxygen atoms in total. The normalized spacial score (nSPS) is 19.4. The zero-order valence-electron chi connectivity index (χ0n) is 15.5. The number of rotatable bonds is 4. The summed E-state index contributed by atoms with van der Waals surface area (Å²) in [4.78, 5) is 17.1. The maximum Gasteiger partial charge on any atom is 0.261 e. The first-order valence-electron chi connectivity index (χ1n) is 9.51.